The van der Waals surface area contributed by atoms with Gasteiger partial charge in [-0.05, 0) is 90.3 Å². The van der Waals surface area contributed by atoms with Crippen LogP contribution in [0.2, 0.25) is 0 Å². The molecular formula is C29H30FNO6S. The Morgan fingerprint density at radius 1 is 1.11 bits per heavy atom. The first-order valence-electron chi connectivity index (χ1n) is 12.6. The predicted octanol–water partition coefficient (Wildman–Crippen LogP) is 5.56. The van der Waals surface area contributed by atoms with E-state index in [4.69, 9.17) is 17.9 Å². The summed E-state index contributed by atoms with van der Waals surface area (Å²) in [5.74, 6) is 0.203. The summed E-state index contributed by atoms with van der Waals surface area (Å²) in [5, 5.41) is 9.29. The van der Waals surface area contributed by atoms with Crippen LogP contribution in [0.25, 0.3) is 11.1 Å². The van der Waals surface area contributed by atoms with Crippen molar-refractivity contribution in [3.63, 3.8) is 0 Å². The topological polar surface area (TPSA) is 103 Å². The minimum Gasteiger partial charge on any atom is -0.494 e. The number of aryl methyl sites for hydroxylation is 2. The molecule has 9 heteroatoms. The molecule has 1 fully saturated rings. The molecule has 0 radical (unpaired) electrons. The molecule has 5 rings (SSSR count). The summed E-state index contributed by atoms with van der Waals surface area (Å²) in [6, 6.07) is 11.3. The molecule has 0 spiro atoms. The third-order valence-electron chi connectivity index (χ3n) is 7.29. The van der Waals surface area contributed by atoms with Crippen molar-refractivity contribution in [2.45, 2.75) is 52.6 Å². The summed E-state index contributed by atoms with van der Waals surface area (Å²) in [6.07, 6.45) is 4.56. The van der Waals surface area contributed by atoms with E-state index < -0.39 is 17.5 Å². The van der Waals surface area contributed by atoms with Crippen LogP contribution in [0, 0.1) is 31.5 Å². The van der Waals surface area contributed by atoms with Gasteiger partial charge in [0.25, 0.3) is 0 Å². The van der Waals surface area contributed by atoms with E-state index in [-0.39, 0.29) is 30.2 Å². The van der Waals surface area contributed by atoms with Gasteiger partial charge in [0, 0.05) is 23.7 Å². The van der Waals surface area contributed by atoms with Crippen LogP contribution in [0.15, 0.2) is 42.6 Å². The van der Waals surface area contributed by atoms with Gasteiger partial charge in [-0.3, -0.25) is 4.79 Å². The molecule has 2 aliphatic rings. The van der Waals surface area contributed by atoms with Crippen LogP contribution in [0.1, 0.15) is 53.5 Å². The van der Waals surface area contributed by atoms with Crippen LogP contribution >= 0.6 is 0 Å². The fraction of sp³-hybridized carbons (Fsp3) is 0.379. The second-order valence-electron chi connectivity index (χ2n) is 9.77. The monoisotopic (exact) mass is 539 g/mol. The maximum atomic E-state index is 14.8. The Bertz CT molecular complexity index is 1390. The molecule has 1 aromatic heterocycles. The minimum atomic E-state index is -0.750. The highest BCUT2D eigenvalue weighted by Gasteiger charge is 2.59. The molecule has 3 aromatic rings. The van der Waals surface area contributed by atoms with Crippen LogP contribution in [0.5, 0.6) is 11.6 Å². The van der Waals surface area contributed by atoms with E-state index in [1.54, 1.807) is 12.3 Å². The molecule has 0 unspecified atom stereocenters. The average Bonchev–Trinajstić information content (AvgIpc) is 3.47. The van der Waals surface area contributed by atoms with Gasteiger partial charge < -0.3 is 14.6 Å². The van der Waals surface area contributed by atoms with Crippen LogP contribution < -0.4 is 9.47 Å². The highest BCUT2D eigenvalue weighted by Crippen LogP contribution is 2.61. The maximum absolute atomic E-state index is 14.8. The lowest BCUT2D eigenvalue weighted by Gasteiger charge is -2.15. The number of carbonyl (C=O) groups is 1. The third kappa shape index (κ3) is 5.78. The van der Waals surface area contributed by atoms with Gasteiger partial charge in [0.05, 0.1) is 12.5 Å². The van der Waals surface area contributed by atoms with Crippen molar-refractivity contribution in [1.82, 2.24) is 4.98 Å². The molecule has 0 aliphatic heterocycles. The summed E-state index contributed by atoms with van der Waals surface area (Å²) >= 11 is -0.750. The molecule has 1 heterocycles. The number of benzene rings is 2. The maximum Gasteiger partial charge on any atom is 0.335 e. The molecule has 200 valence electrons. The lowest BCUT2D eigenvalue weighted by Crippen LogP contribution is -2.06. The molecule has 1 N–H and O–H groups in total. The molecule has 38 heavy (non-hydrogen) atoms. The Labute approximate surface area is 224 Å². The zero-order chi connectivity index (χ0) is 27.4. The minimum absolute atomic E-state index is 0.0623. The quantitative estimate of drug-likeness (QED) is 0.355. The van der Waals surface area contributed by atoms with Gasteiger partial charge in [-0.15, -0.1) is 0 Å². The smallest absolute Gasteiger partial charge is 0.335 e. The number of hydrogen-bond acceptors (Lipinski definition) is 6. The van der Waals surface area contributed by atoms with Crippen molar-refractivity contribution in [2.24, 2.45) is 11.8 Å². The van der Waals surface area contributed by atoms with Gasteiger partial charge in [0.2, 0.25) is 5.88 Å². The van der Waals surface area contributed by atoms with Crippen molar-refractivity contribution >= 4 is 17.5 Å². The van der Waals surface area contributed by atoms with Gasteiger partial charge in [0.1, 0.15) is 18.2 Å². The molecule has 0 saturated heterocycles. The number of carboxylic acids is 1. The first-order chi connectivity index (χ1) is 18.3. The number of aliphatic carboxylic acids is 1. The number of pyridine rings is 1. The summed E-state index contributed by atoms with van der Waals surface area (Å²) in [7, 11) is 0. The van der Waals surface area contributed by atoms with Crippen molar-refractivity contribution in [2.75, 3.05) is 6.61 Å². The zero-order valence-corrected chi connectivity index (χ0v) is 22.3. The summed E-state index contributed by atoms with van der Waals surface area (Å²) in [4.78, 5) is 15.7. The zero-order valence-electron chi connectivity index (χ0n) is 21.5. The fourth-order valence-corrected chi connectivity index (χ4v) is 5.32. The van der Waals surface area contributed by atoms with Crippen molar-refractivity contribution in [3.05, 3.63) is 76.2 Å². The summed E-state index contributed by atoms with van der Waals surface area (Å²) < 4.78 is 43.1. The number of hydrogen-bond donors (Lipinski definition) is 1. The van der Waals surface area contributed by atoms with E-state index in [1.165, 1.54) is 0 Å². The molecule has 0 amide bonds. The first-order valence-corrected chi connectivity index (χ1v) is 13.2. The number of rotatable bonds is 9. The van der Waals surface area contributed by atoms with Gasteiger partial charge >= 0.3 is 17.5 Å². The Hall–Kier alpha value is -3.59. The van der Waals surface area contributed by atoms with E-state index in [1.807, 2.05) is 44.2 Å². The second kappa shape index (κ2) is 11.9. The van der Waals surface area contributed by atoms with Crippen LogP contribution in [0.4, 0.5) is 4.39 Å². The molecule has 7 nitrogen and oxygen atoms in total. The van der Waals surface area contributed by atoms with Crippen molar-refractivity contribution < 1.29 is 32.2 Å². The molecular weight excluding hydrogens is 509 g/mol. The molecule has 3 atom stereocenters. The van der Waals surface area contributed by atoms with Crippen LogP contribution in [0.3, 0.4) is 0 Å². The van der Waals surface area contributed by atoms with E-state index in [0.717, 1.165) is 58.4 Å². The summed E-state index contributed by atoms with van der Waals surface area (Å²) in [6.45, 7) is 6.84. The normalized spacial score (nSPS) is 18.5. The number of unbranched alkanes of at least 4 members (excludes halogenated alkanes) is 1. The van der Waals surface area contributed by atoms with Gasteiger partial charge in [0.15, 0.2) is 0 Å². The third-order valence-corrected chi connectivity index (χ3v) is 7.29. The Morgan fingerprint density at radius 2 is 1.84 bits per heavy atom. The Morgan fingerprint density at radius 3 is 2.53 bits per heavy atom. The molecule has 0 bridgehead atoms. The number of halogens is 1. The molecule has 2 aromatic carbocycles. The first kappa shape index (κ1) is 27.4. The average molecular weight is 540 g/mol. The standard InChI is InChI=1S/C29H30FNO4.O2S/c1-4-5-8-34-20-6-7-21(16(2)9-20)22-12-19(25(30)10-17(22)3)15-35-26-13-18-11-23-27(24(18)14-31-26)28(23)29(32)33;1-3-2/h6-7,9-10,12-14,23,27-28H,4-5,8,11,15H2,1-3H3,(H,32,33);/t23-,27-,28+;/m1./s1. The lowest BCUT2D eigenvalue weighted by atomic mass is 9.94. The van der Waals surface area contributed by atoms with Gasteiger partial charge in [-0.2, -0.15) is 8.42 Å². The van der Waals surface area contributed by atoms with Gasteiger partial charge in [-0.1, -0.05) is 19.4 Å². The number of fused-ring (bicyclic) bond motifs is 3. The Kier molecular flexibility index (Phi) is 8.56. The highest BCUT2D eigenvalue weighted by atomic mass is 32.1. The van der Waals surface area contributed by atoms with E-state index in [0.29, 0.717) is 18.1 Å². The highest BCUT2D eigenvalue weighted by molar-refractivity contribution is 7.51. The van der Waals surface area contributed by atoms with Gasteiger partial charge in [-0.25, -0.2) is 9.37 Å². The van der Waals surface area contributed by atoms with Crippen LogP contribution in [-0.4, -0.2) is 31.1 Å². The number of aromatic nitrogens is 1. The Balaban J connectivity index is 0.00000107. The molecule has 2 aliphatic carbocycles. The van der Waals surface area contributed by atoms with Crippen molar-refractivity contribution in [3.8, 4) is 22.8 Å². The number of carboxylic acid groups (broad SMARTS) is 1. The molecule has 1 saturated carbocycles. The summed E-state index contributed by atoms with van der Waals surface area (Å²) in [5.41, 5.74) is 6.49. The lowest BCUT2D eigenvalue weighted by molar-refractivity contribution is -0.139. The van der Waals surface area contributed by atoms with E-state index in [9.17, 15) is 14.3 Å². The largest absolute Gasteiger partial charge is 0.494 e. The second-order valence-corrected chi connectivity index (χ2v) is 9.91. The fourth-order valence-electron chi connectivity index (χ4n) is 5.32. The predicted molar refractivity (Wildman–Crippen MR) is 140 cm³/mol. The van der Waals surface area contributed by atoms with Crippen LogP contribution in [-0.2, 0) is 29.4 Å². The van der Waals surface area contributed by atoms with E-state index >= 15 is 0 Å². The number of nitrogens with zero attached hydrogens (tertiary/aromatic N) is 1. The van der Waals surface area contributed by atoms with Crippen molar-refractivity contribution in [1.29, 1.82) is 0 Å². The SMILES string of the molecule is CCCCOc1ccc(-c2cc(COc3cc4c(cn3)[C@H]3[C@@H](C4)[C@@H]3C(=O)O)c(F)cc2C)c(C)c1.O=S=O. The van der Waals surface area contributed by atoms with E-state index in [2.05, 4.69) is 11.9 Å². The number of ether oxygens (including phenoxy) is 2.